The van der Waals surface area contributed by atoms with Gasteiger partial charge in [-0.3, -0.25) is 9.89 Å². The van der Waals surface area contributed by atoms with Gasteiger partial charge in [0.25, 0.3) is 0 Å². The molecule has 29 heavy (non-hydrogen) atoms. The molecule has 2 aromatic carbocycles. The van der Waals surface area contributed by atoms with Crippen molar-refractivity contribution in [2.45, 2.75) is 32.7 Å². The van der Waals surface area contributed by atoms with Crippen molar-refractivity contribution < 1.29 is 13.2 Å². The molecule has 0 saturated heterocycles. The van der Waals surface area contributed by atoms with E-state index < -0.39 is 10.0 Å². The fraction of sp³-hybridized carbons (Fsp3) is 0.238. The van der Waals surface area contributed by atoms with Crippen molar-refractivity contribution in [1.29, 1.82) is 0 Å². The molecule has 0 radical (unpaired) electrons. The van der Waals surface area contributed by atoms with Crippen LogP contribution in [0.25, 0.3) is 11.3 Å². The van der Waals surface area contributed by atoms with E-state index in [-0.39, 0.29) is 24.7 Å². The first-order valence-electron chi connectivity index (χ1n) is 9.30. The highest BCUT2D eigenvalue weighted by Gasteiger charge is 2.33. The summed E-state index contributed by atoms with van der Waals surface area (Å²) < 4.78 is 27.3. The van der Waals surface area contributed by atoms with Crippen molar-refractivity contribution in [2.24, 2.45) is 0 Å². The Morgan fingerprint density at radius 3 is 2.62 bits per heavy atom. The van der Waals surface area contributed by atoms with Gasteiger partial charge in [0.05, 0.1) is 29.4 Å². The van der Waals surface area contributed by atoms with E-state index in [1.807, 2.05) is 55.5 Å². The zero-order valence-corrected chi connectivity index (χ0v) is 17.1. The van der Waals surface area contributed by atoms with E-state index in [0.717, 1.165) is 27.9 Å². The number of aromatic amines is 1. The van der Waals surface area contributed by atoms with Gasteiger partial charge in [-0.2, -0.15) is 9.40 Å². The highest BCUT2D eigenvalue weighted by Crippen LogP contribution is 2.37. The summed E-state index contributed by atoms with van der Waals surface area (Å²) in [7, 11) is -3.47. The summed E-state index contributed by atoms with van der Waals surface area (Å²) in [6.45, 7) is 3.92. The van der Waals surface area contributed by atoms with Crippen LogP contribution in [-0.4, -0.2) is 28.8 Å². The lowest BCUT2D eigenvalue weighted by atomic mass is 10.00. The minimum absolute atomic E-state index is 0.0393. The van der Waals surface area contributed by atoms with Gasteiger partial charge >= 0.3 is 0 Å². The van der Waals surface area contributed by atoms with Gasteiger partial charge in [-0.25, -0.2) is 8.42 Å². The fourth-order valence-electron chi connectivity index (χ4n) is 3.67. The molecule has 3 aromatic rings. The molecule has 0 spiro atoms. The van der Waals surface area contributed by atoms with Crippen LogP contribution in [0, 0.1) is 6.92 Å². The van der Waals surface area contributed by atoms with Gasteiger partial charge in [0, 0.05) is 24.6 Å². The van der Waals surface area contributed by atoms with E-state index in [2.05, 4.69) is 15.5 Å². The van der Waals surface area contributed by atoms with E-state index >= 15 is 0 Å². The number of sulfonamides is 1. The third-order valence-corrected chi connectivity index (χ3v) is 6.77. The van der Waals surface area contributed by atoms with Gasteiger partial charge in [-0.1, -0.05) is 42.5 Å². The van der Waals surface area contributed by atoms with Crippen LogP contribution in [0.4, 0.5) is 5.69 Å². The molecule has 2 N–H and O–H groups in total. The molecule has 2 heterocycles. The largest absolute Gasteiger partial charge is 0.326 e. The second-order valence-corrected chi connectivity index (χ2v) is 9.19. The molecule has 0 fully saturated rings. The standard InChI is InChI=1S/C21H22N4O3S/c1-14-7-6-10-18(22-15(2)26)20(14)21-17-11-25(12-19(17)23-24-21)29(27,28)13-16-8-4-3-5-9-16/h3-10H,11-13H2,1-2H3,(H,22,26)(H,23,24). The van der Waals surface area contributed by atoms with Crippen LogP contribution in [0.2, 0.25) is 0 Å². The second-order valence-electron chi connectivity index (χ2n) is 7.22. The lowest BCUT2D eigenvalue weighted by molar-refractivity contribution is -0.114. The molecular weight excluding hydrogens is 388 g/mol. The average molecular weight is 410 g/mol. The first-order valence-corrected chi connectivity index (χ1v) is 10.9. The van der Waals surface area contributed by atoms with Crippen LogP contribution in [0.15, 0.2) is 48.5 Å². The Balaban J connectivity index is 1.65. The van der Waals surface area contributed by atoms with Crippen LogP contribution in [0.1, 0.15) is 29.3 Å². The van der Waals surface area contributed by atoms with Crippen molar-refractivity contribution in [1.82, 2.24) is 14.5 Å². The molecule has 1 amide bonds. The third kappa shape index (κ3) is 3.81. The number of fused-ring (bicyclic) bond motifs is 1. The number of carbonyl (C=O) groups is 1. The number of aryl methyl sites for hydroxylation is 1. The summed E-state index contributed by atoms with van der Waals surface area (Å²) in [6.07, 6.45) is 0. The SMILES string of the molecule is CC(=O)Nc1cccc(C)c1-c1n[nH]c2c1CN(S(=O)(=O)Cc1ccccc1)C2. The zero-order chi connectivity index (χ0) is 20.6. The number of anilines is 1. The number of amides is 1. The maximum atomic E-state index is 12.9. The normalized spacial score (nSPS) is 14.0. The average Bonchev–Trinajstić information content (AvgIpc) is 3.24. The van der Waals surface area contributed by atoms with Crippen molar-refractivity contribution in [3.63, 3.8) is 0 Å². The van der Waals surface area contributed by atoms with Gasteiger partial charge in [0.15, 0.2) is 0 Å². The predicted octanol–water partition coefficient (Wildman–Crippen LogP) is 3.19. The lowest BCUT2D eigenvalue weighted by Crippen LogP contribution is -2.27. The Bertz CT molecular complexity index is 1170. The molecule has 0 aliphatic carbocycles. The van der Waals surface area contributed by atoms with E-state index in [1.165, 1.54) is 11.2 Å². The van der Waals surface area contributed by atoms with E-state index in [1.54, 1.807) is 0 Å². The molecular formula is C21H22N4O3S. The molecule has 0 bridgehead atoms. The Morgan fingerprint density at radius 1 is 1.14 bits per heavy atom. The van der Waals surface area contributed by atoms with Crippen LogP contribution in [-0.2, 0) is 33.7 Å². The van der Waals surface area contributed by atoms with Gasteiger partial charge in [-0.15, -0.1) is 0 Å². The first-order chi connectivity index (χ1) is 13.8. The van der Waals surface area contributed by atoms with Crippen LogP contribution >= 0.6 is 0 Å². The molecule has 0 atom stereocenters. The van der Waals surface area contributed by atoms with Gasteiger partial charge in [0.2, 0.25) is 15.9 Å². The van der Waals surface area contributed by atoms with E-state index in [0.29, 0.717) is 11.4 Å². The molecule has 8 heteroatoms. The third-order valence-electron chi connectivity index (χ3n) is 5.03. The van der Waals surface area contributed by atoms with E-state index in [4.69, 9.17) is 0 Å². The number of hydrogen-bond acceptors (Lipinski definition) is 4. The first kappa shape index (κ1) is 19.4. The van der Waals surface area contributed by atoms with E-state index in [9.17, 15) is 13.2 Å². The minimum atomic E-state index is -3.47. The molecule has 4 rings (SSSR count). The molecule has 7 nitrogen and oxygen atoms in total. The number of carbonyl (C=O) groups excluding carboxylic acids is 1. The summed E-state index contributed by atoms with van der Waals surface area (Å²) >= 11 is 0. The van der Waals surface area contributed by atoms with Crippen molar-refractivity contribution in [2.75, 3.05) is 5.32 Å². The van der Waals surface area contributed by atoms with Crippen molar-refractivity contribution in [3.05, 3.63) is 70.9 Å². The van der Waals surface area contributed by atoms with Gasteiger partial charge < -0.3 is 5.32 Å². The number of benzene rings is 2. The number of nitrogens with one attached hydrogen (secondary N) is 2. The Kier molecular flexibility index (Phi) is 4.97. The zero-order valence-electron chi connectivity index (χ0n) is 16.3. The predicted molar refractivity (Wildman–Crippen MR) is 111 cm³/mol. The maximum absolute atomic E-state index is 12.9. The maximum Gasteiger partial charge on any atom is 0.221 e. The quantitative estimate of drug-likeness (QED) is 0.675. The summed E-state index contributed by atoms with van der Waals surface area (Å²) in [6, 6.07) is 14.8. The molecule has 1 aliphatic rings. The minimum Gasteiger partial charge on any atom is -0.326 e. The fourth-order valence-corrected chi connectivity index (χ4v) is 5.11. The number of H-pyrrole nitrogens is 1. The highest BCUT2D eigenvalue weighted by molar-refractivity contribution is 7.88. The smallest absolute Gasteiger partial charge is 0.221 e. The van der Waals surface area contributed by atoms with Crippen LogP contribution < -0.4 is 5.32 Å². The Hall–Kier alpha value is -2.97. The number of rotatable bonds is 5. The van der Waals surface area contributed by atoms with Crippen molar-refractivity contribution in [3.8, 4) is 11.3 Å². The highest BCUT2D eigenvalue weighted by atomic mass is 32.2. The van der Waals surface area contributed by atoms with Crippen LogP contribution in [0.3, 0.4) is 0 Å². The number of hydrogen-bond donors (Lipinski definition) is 2. The Labute approximate surface area is 169 Å². The molecule has 1 aromatic heterocycles. The van der Waals surface area contributed by atoms with Crippen molar-refractivity contribution >= 4 is 21.6 Å². The summed E-state index contributed by atoms with van der Waals surface area (Å²) in [5.41, 5.74) is 5.50. The summed E-state index contributed by atoms with van der Waals surface area (Å²) in [5.74, 6) is -0.210. The topological polar surface area (TPSA) is 95.2 Å². The second kappa shape index (κ2) is 7.46. The van der Waals surface area contributed by atoms with Crippen LogP contribution in [0.5, 0.6) is 0 Å². The van der Waals surface area contributed by atoms with Gasteiger partial charge in [0.1, 0.15) is 0 Å². The monoisotopic (exact) mass is 410 g/mol. The molecule has 1 aliphatic heterocycles. The number of aromatic nitrogens is 2. The summed E-state index contributed by atoms with van der Waals surface area (Å²) in [4.78, 5) is 11.6. The summed E-state index contributed by atoms with van der Waals surface area (Å²) in [5, 5.41) is 10.3. The molecule has 150 valence electrons. The van der Waals surface area contributed by atoms with Gasteiger partial charge in [-0.05, 0) is 24.1 Å². The molecule has 0 saturated carbocycles. The lowest BCUT2D eigenvalue weighted by Gasteiger charge is -2.17. The molecule has 0 unspecified atom stereocenters. The number of nitrogens with zero attached hydrogens (tertiary/aromatic N) is 2. The Morgan fingerprint density at radius 2 is 1.90 bits per heavy atom.